The second-order valence-electron chi connectivity index (χ2n) is 7.39. The first-order valence-corrected chi connectivity index (χ1v) is 9.80. The Morgan fingerprint density at radius 1 is 1.27 bits per heavy atom. The molecule has 0 radical (unpaired) electrons. The van der Waals surface area contributed by atoms with Crippen LogP contribution in [0.4, 0.5) is 0 Å². The zero-order valence-electron chi connectivity index (χ0n) is 16.1. The third kappa shape index (κ3) is 3.53. The van der Waals surface area contributed by atoms with Gasteiger partial charge in [-0.3, -0.25) is 14.2 Å². The van der Waals surface area contributed by atoms with Gasteiger partial charge in [0.15, 0.2) is 0 Å². The van der Waals surface area contributed by atoms with Crippen LogP contribution in [0.15, 0.2) is 29.1 Å². The number of nitrogens with zero attached hydrogens (tertiary/aromatic N) is 3. The Balaban J connectivity index is 1.97. The number of carbonyl (C=O) groups is 1. The predicted octanol–water partition coefficient (Wildman–Crippen LogP) is 3.81. The fourth-order valence-electron chi connectivity index (χ4n) is 4.07. The van der Waals surface area contributed by atoms with E-state index in [1.165, 1.54) is 6.42 Å². The Morgan fingerprint density at radius 3 is 2.65 bits per heavy atom. The lowest BCUT2D eigenvalue weighted by atomic mass is 9.88. The molecule has 0 bridgehead atoms. The fraction of sp³-hybridized carbons (Fsp3) is 0.571. The van der Waals surface area contributed by atoms with Crippen LogP contribution in [-0.4, -0.2) is 26.9 Å². The van der Waals surface area contributed by atoms with Crippen LogP contribution in [0.2, 0.25) is 0 Å². The molecule has 1 aromatic carbocycles. The van der Waals surface area contributed by atoms with Crippen LogP contribution in [0.25, 0.3) is 10.9 Å². The van der Waals surface area contributed by atoms with Crippen molar-refractivity contribution in [1.29, 1.82) is 0 Å². The van der Waals surface area contributed by atoms with Crippen LogP contribution in [0.3, 0.4) is 0 Å². The van der Waals surface area contributed by atoms with Gasteiger partial charge < -0.3 is 4.90 Å². The minimum atomic E-state index is -0.216. The highest BCUT2D eigenvalue weighted by Crippen LogP contribution is 2.29. The first-order valence-electron chi connectivity index (χ1n) is 9.80. The SMILES string of the molecule is CCCN(C(=O)C1CCCCC1)C(C)c1nc2ccccc2c(=O)n1C. The number of fused-ring (bicyclic) bond motifs is 1. The first-order chi connectivity index (χ1) is 12.5. The molecule has 1 atom stereocenters. The number of para-hydroxylation sites is 1. The molecule has 1 saturated carbocycles. The van der Waals surface area contributed by atoms with Crippen LogP contribution in [0, 0.1) is 5.92 Å². The molecule has 5 heteroatoms. The first kappa shape index (κ1) is 18.6. The minimum Gasteiger partial charge on any atom is -0.333 e. The highest BCUT2D eigenvalue weighted by molar-refractivity contribution is 5.80. The molecule has 2 aromatic rings. The molecule has 1 aromatic heterocycles. The van der Waals surface area contributed by atoms with Crippen molar-refractivity contribution >= 4 is 16.8 Å². The summed E-state index contributed by atoms with van der Waals surface area (Å²) < 4.78 is 1.60. The Morgan fingerprint density at radius 2 is 1.96 bits per heavy atom. The summed E-state index contributed by atoms with van der Waals surface area (Å²) in [5, 5.41) is 0.617. The summed E-state index contributed by atoms with van der Waals surface area (Å²) in [7, 11) is 1.75. The van der Waals surface area contributed by atoms with Gasteiger partial charge in [0.25, 0.3) is 5.56 Å². The Labute approximate surface area is 155 Å². The maximum absolute atomic E-state index is 13.2. The van der Waals surface area contributed by atoms with Crippen molar-refractivity contribution in [2.24, 2.45) is 13.0 Å². The summed E-state index contributed by atoms with van der Waals surface area (Å²) >= 11 is 0. The van der Waals surface area contributed by atoms with E-state index in [2.05, 4.69) is 6.92 Å². The van der Waals surface area contributed by atoms with E-state index in [9.17, 15) is 9.59 Å². The number of carbonyl (C=O) groups excluding carboxylic acids is 1. The highest BCUT2D eigenvalue weighted by Gasteiger charge is 2.30. The van der Waals surface area contributed by atoms with Crippen LogP contribution < -0.4 is 5.56 Å². The van der Waals surface area contributed by atoms with Crippen molar-refractivity contribution in [1.82, 2.24) is 14.5 Å². The van der Waals surface area contributed by atoms with Gasteiger partial charge in [-0.05, 0) is 38.3 Å². The Hall–Kier alpha value is -2.17. The summed E-state index contributed by atoms with van der Waals surface area (Å²) in [4.78, 5) is 32.6. The van der Waals surface area contributed by atoms with Gasteiger partial charge in [-0.1, -0.05) is 38.3 Å². The maximum Gasteiger partial charge on any atom is 0.261 e. The number of rotatable bonds is 5. The van der Waals surface area contributed by atoms with Gasteiger partial charge in [0.1, 0.15) is 5.82 Å². The average molecular weight is 355 g/mol. The topological polar surface area (TPSA) is 55.2 Å². The molecule has 1 aliphatic rings. The van der Waals surface area contributed by atoms with E-state index in [-0.39, 0.29) is 23.4 Å². The Bertz CT molecular complexity index is 837. The number of hydrogen-bond acceptors (Lipinski definition) is 3. The molecule has 1 heterocycles. The van der Waals surface area contributed by atoms with Gasteiger partial charge in [-0.25, -0.2) is 4.98 Å². The minimum absolute atomic E-state index is 0.0565. The van der Waals surface area contributed by atoms with Gasteiger partial charge in [0, 0.05) is 19.5 Å². The quantitative estimate of drug-likeness (QED) is 0.819. The number of aromatic nitrogens is 2. The predicted molar refractivity (Wildman–Crippen MR) is 104 cm³/mol. The molecule has 0 aliphatic heterocycles. The number of hydrogen-bond donors (Lipinski definition) is 0. The zero-order valence-corrected chi connectivity index (χ0v) is 16.1. The molecule has 0 saturated heterocycles. The monoisotopic (exact) mass is 355 g/mol. The molecular formula is C21H29N3O2. The van der Waals surface area contributed by atoms with Crippen molar-refractivity contribution in [2.45, 2.75) is 58.4 Å². The fourth-order valence-corrected chi connectivity index (χ4v) is 4.07. The lowest BCUT2D eigenvalue weighted by Gasteiger charge is -2.34. The standard InChI is InChI=1S/C21H29N3O2/c1-4-14-24(20(25)16-10-6-5-7-11-16)15(2)19-22-18-13-9-8-12-17(18)21(26)23(19)3/h8-9,12-13,15-16H,4-7,10-11,14H2,1-3H3. The third-order valence-electron chi connectivity index (χ3n) is 5.56. The van der Waals surface area contributed by atoms with Crippen molar-refractivity contribution in [3.05, 3.63) is 40.4 Å². The highest BCUT2D eigenvalue weighted by atomic mass is 16.2. The lowest BCUT2D eigenvalue weighted by molar-refractivity contribution is -0.139. The van der Waals surface area contributed by atoms with E-state index in [4.69, 9.17) is 4.98 Å². The van der Waals surface area contributed by atoms with Crippen molar-refractivity contribution in [3.8, 4) is 0 Å². The zero-order chi connectivity index (χ0) is 18.7. The largest absolute Gasteiger partial charge is 0.333 e. The third-order valence-corrected chi connectivity index (χ3v) is 5.56. The van der Waals surface area contributed by atoms with Crippen LogP contribution in [-0.2, 0) is 11.8 Å². The van der Waals surface area contributed by atoms with Gasteiger partial charge in [0.2, 0.25) is 5.91 Å². The normalized spacial score (nSPS) is 16.6. The lowest BCUT2D eigenvalue weighted by Crippen LogP contribution is -2.41. The van der Waals surface area contributed by atoms with E-state index in [0.29, 0.717) is 23.3 Å². The molecule has 5 nitrogen and oxygen atoms in total. The smallest absolute Gasteiger partial charge is 0.261 e. The van der Waals surface area contributed by atoms with Gasteiger partial charge >= 0.3 is 0 Å². The molecule has 1 aliphatic carbocycles. The van der Waals surface area contributed by atoms with Crippen LogP contribution >= 0.6 is 0 Å². The molecule has 1 fully saturated rings. The summed E-state index contributed by atoms with van der Waals surface area (Å²) in [5.41, 5.74) is 0.637. The Kier molecular flexibility index (Phi) is 5.74. The van der Waals surface area contributed by atoms with E-state index < -0.39 is 0 Å². The maximum atomic E-state index is 13.2. The molecule has 1 amide bonds. The molecular weight excluding hydrogens is 326 g/mol. The van der Waals surface area contributed by atoms with Crippen molar-refractivity contribution < 1.29 is 4.79 Å². The van der Waals surface area contributed by atoms with Crippen molar-refractivity contribution in [3.63, 3.8) is 0 Å². The van der Waals surface area contributed by atoms with E-state index in [1.807, 2.05) is 30.0 Å². The van der Waals surface area contributed by atoms with E-state index >= 15 is 0 Å². The van der Waals surface area contributed by atoms with Crippen molar-refractivity contribution in [2.75, 3.05) is 6.54 Å². The molecule has 0 spiro atoms. The second kappa shape index (κ2) is 8.02. The summed E-state index contributed by atoms with van der Waals surface area (Å²) in [6.45, 7) is 4.77. The van der Waals surface area contributed by atoms with E-state index in [1.54, 1.807) is 17.7 Å². The second-order valence-corrected chi connectivity index (χ2v) is 7.39. The summed E-state index contributed by atoms with van der Waals surface area (Å²) in [5.74, 6) is 1.00. The van der Waals surface area contributed by atoms with Gasteiger partial charge in [0.05, 0.1) is 16.9 Å². The number of benzene rings is 1. The number of amides is 1. The molecule has 0 N–H and O–H groups in total. The molecule has 3 rings (SSSR count). The summed E-state index contributed by atoms with van der Waals surface area (Å²) in [6.07, 6.45) is 6.36. The van der Waals surface area contributed by atoms with Crippen LogP contribution in [0.1, 0.15) is 64.2 Å². The van der Waals surface area contributed by atoms with E-state index in [0.717, 1.165) is 32.1 Å². The summed E-state index contributed by atoms with van der Waals surface area (Å²) in [6, 6.07) is 7.19. The van der Waals surface area contributed by atoms with Gasteiger partial charge in [-0.15, -0.1) is 0 Å². The van der Waals surface area contributed by atoms with Crippen LogP contribution in [0.5, 0.6) is 0 Å². The van der Waals surface area contributed by atoms with Gasteiger partial charge in [-0.2, -0.15) is 0 Å². The molecule has 140 valence electrons. The molecule has 26 heavy (non-hydrogen) atoms. The average Bonchev–Trinajstić information content (AvgIpc) is 2.68. The molecule has 1 unspecified atom stereocenters.